The summed E-state index contributed by atoms with van der Waals surface area (Å²) in [6.07, 6.45) is 5.37. The predicted octanol–water partition coefficient (Wildman–Crippen LogP) is 1.99. The van der Waals surface area contributed by atoms with Crippen LogP contribution in [-0.2, 0) is 20.7 Å². The molecule has 1 N–H and O–H groups in total. The number of aliphatic imine (C=N–C) groups is 1. The lowest BCUT2D eigenvalue weighted by Crippen LogP contribution is -2.50. The molecule has 4 heterocycles. The molecule has 3 aliphatic rings. The SMILES string of the molecule is I.O=C(C1CCN(C(=NCC2CCOC2)NCCc2ccco2)CC1)N1CCOCC1. The minimum Gasteiger partial charge on any atom is -0.469 e. The lowest BCUT2D eigenvalue weighted by molar-refractivity contribution is -0.140. The largest absolute Gasteiger partial charge is 0.469 e. The third kappa shape index (κ3) is 7.08. The first-order valence-electron chi connectivity index (χ1n) is 11.3. The summed E-state index contributed by atoms with van der Waals surface area (Å²) in [4.78, 5) is 22.0. The highest BCUT2D eigenvalue weighted by Crippen LogP contribution is 2.21. The van der Waals surface area contributed by atoms with E-state index in [4.69, 9.17) is 18.9 Å². The summed E-state index contributed by atoms with van der Waals surface area (Å²) in [6, 6.07) is 3.91. The Hall–Kier alpha value is -1.33. The molecular weight excluding hydrogens is 511 g/mol. The van der Waals surface area contributed by atoms with Crippen LogP contribution in [0.3, 0.4) is 0 Å². The number of hydrogen-bond donors (Lipinski definition) is 1. The summed E-state index contributed by atoms with van der Waals surface area (Å²) in [6.45, 7) is 7.69. The van der Waals surface area contributed by atoms with Gasteiger partial charge in [-0.05, 0) is 31.4 Å². The molecule has 0 saturated carbocycles. The number of morpholine rings is 1. The number of likely N-dealkylation sites (tertiary alicyclic amines) is 1. The summed E-state index contributed by atoms with van der Waals surface area (Å²) in [5.41, 5.74) is 0. The van der Waals surface area contributed by atoms with E-state index in [0.29, 0.717) is 25.0 Å². The first-order chi connectivity index (χ1) is 14.8. The van der Waals surface area contributed by atoms with E-state index in [1.807, 2.05) is 17.0 Å². The Morgan fingerprint density at radius 1 is 1.06 bits per heavy atom. The molecule has 0 spiro atoms. The Morgan fingerprint density at radius 3 is 2.55 bits per heavy atom. The molecule has 0 radical (unpaired) electrons. The van der Waals surface area contributed by atoms with Gasteiger partial charge in [0, 0.05) is 64.1 Å². The van der Waals surface area contributed by atoms with E-state index in [9.17, 15) is 4.79 Å². The van der Waals surface area contributed by atoms with E-state index < -0.39 is 0 Å². The van der Waals surface area contributed by atoms with Crippen molar-refractivity contribution in [2.45, 2.75) is 25.7 Å². The molecule has 0 aromatic carbocycles. The number of guanidine groups is 1. The predicted molar refractivity (Wildman–Crippen MR) is 129 cm³/mol. The van der Waals surface area contributed by atoms with Crippen LogP contribution in [0.4, 0.5) is 0 Å². The van der Waals surface area contributed by atoms with Crippen LogP contribution in [0, 0.1) is 11.8 Å². The molecule has 1 unspecified atom stereocenters. The third-order valence-corrected chi connectivity index (χ3v) is 6.22. The molecular formula is C22H35IN4O4. The van der Waals surface area contributed by atoms with Gasteiger partial charge in [0.15, 0.2) is 5.96 Å². The zero-order valence-electron chi connectivity index (χ0n) is 18.2. The maximum atomic E-state index is 12.8. The smallest absolute Gasteiger partial charge is 0.225 e. The maximum absolute atomic E-state index is 12.8. The Kier molecular flexibility index (Phi) is 9.92. The van der Waals surface area contributed by atoms with Gasteiger partial charge in [-0.15, -0.1) is 24.0 Å². The van der Waals surface area contributed by atoms with Gasteiger partial charge < -0.3 is 29.0 Å². The second-order valence-electron chi connectivity index (χ2n) is 8.35. The fourth-order valence-corrected chi connectivity index (χ4v) is 4.34. The number of furan rings is 1. The zero-order valence-corrected chi connectivity index (χ0v) is 20.5. The maximum Gasteiger partial charge on any atom is 0.225 e. The first-order valence-corrected chi connectivity index (χ1v) is 11.3. The standard InChI is InChI=1S/C22H34N4O4.HI/c27-21(25-10-14-28-15-11-25)19-4-8-26(9-5-19)22(24-16-18-6-13-29-17-18)23-7-3-20-2-1-12-30-20;/h1-2,12,18-19H,3-11,13-17H2,(H,23,24);1H. The fraction of sp³-hybridized carbons (Fsp3) is 0.727. The second-order valence-corrected chi connectivity index (χ2v) is 8.35. The highest BCUT2D eigenvalue weighted by atomic mass is 127. The number of piperidine rings is 1. The van der Waals surface area contributed by atoms with Crippen molar-refractivity contribution in [3.63, 3.8) is 0 Å². The molecule has 9 heteroatoms. The van der Waals surface area contributed by atoms with Gasteiger partial charge in [0.2, 0.25) is 5.91 Å². The van der Waals surface area contributed by atoms with E-state index in [0.717, 1.165) is 89.9 Å². The van der Waals surface area contributed by atoms with Crippen LogP contribution < -0.4 is 5.32 Å². The van der Waals surface area contributed by atoms with Crippen molar-refractivity contribution < 1.29 is 18.7 Å². The summed E-state index contributed by atoms with van der Waals surface area (Å²) >= 11 is 0. The summed E-state index contributed by atoms with van der Waals surface area (Å²) < 4.78 is 16.3. The van der Waals surface area contributed by atoms with Crippen molar-refractivity contribution in [2.24, 2.45) is 16.8 Å². The van der Waals surface area contributed by atoms with Gasteiger partial charge in [-0.1, -0.05) is 0 Å². The Balaban J connectivity index is 0.00000272. The van der Waals surface area contributed by atoms with Crippen LogP contribution in [-0.4, -0.2) is 87.4 Å². The number of hydrogen-bond acceptors (Lipinski definition) is 5. The topological polar surface area (TPSA) is 79.5 Å². The first kappa shape index (κ1) is 24.3. The number of nitrogens with zero attached hydrogens (tertiary/aromatic N) is 3. The number of carbonyl (C=O) groups is 1. The molecule has 3 fully saturated rings. The van der Waals surface area contributed by atoms with Crippen LogP contribution in [0.15, 0.2) is 27.8 Å². The van der Waals surface area contributed by atoms with Gasteiger partial charge in [-0.2, -0.15) is 0 Å². The van der Waals surface area contributed by atoms with Crippen LogP contribution >= 0.6 is 24.0 Å². The van der Waals surface area contributed by atoms with Crippen molar-refractivity contribution >= 4 is 35.8 Å². The van der Waals surface area contributed by atoms with Gasteiger partial charge in [0.25, 0.3) is 0 Å². The number of rotatable bonds is 6. The molecule has 174 valence electrons. The highest BCUT2D eigenvalue weighted by Gasteiger charge is 2.30. The second kappa shape index (κ2) is 12.6. The van der Waals surface area contributed by atoms with Crippen molar-refractivity contribution in [1.29, 1.82) is 0 Å². The Labute approximate surface area is 201 Å². The molecule has 1 amide bonds. The van der Waals surface area contributed by atoms with E-state index in [1.54, 1.807) is 6.26 Å². The molecule has 3 aliphatic heterocycles. The summed E-state index contributed by atoms with van der Waals surface area (Å²) in [7, 11) is 0. The lowest BCUT2D eigenvalue weighted by Gasteiger charge is -2.37. The average molecular weight is 546 g/mol. The van der Waals surface area contributed by atoms with Crippen LogP contribution in [0.25, 0.3) is 0 Å². The quantitative estimate of drug-likeness (QED) is 0.334. The number of carbonyl (C=O) groups excluding carboxylic acids is 1. The van der Waals surface area contributed by atoms with E-state index >= 15 is 0 Å². The van der Waals surface area contributed by atoms with Crippen LogP contribution in [0.1, 0.15) is 25.0 Å². The fourth-order valence-electron chi connectivity index (χ4n) is 4.34. The van der Waals surface area contributed by atoms with Crippen molar-refractivity contribution in [2.75, 3.05) is 65.7 Å². The highest BCUT2D eigenvalue weighted by molar-refractivity contribution is 14.0. The molecule has 1 atom stereocenters. The number of nitrogens with one attached hydrogen (secondary N) is 1. The van der Waals surface area contributed by atoms with Gasteiger partial charge in [0.1, 0.15) is 5.76 Å². The van der Waals surface area contributed by atoms with Crippen molar-refractivity contribution in [3.8, 4) is 0 Å². The van der Waals surface area contributed by atoms with Gasteiger partial charge in [-0.3, -0.25) is 9.79 Å². The van der Waals surface area contributed by atoms with Gasteiger partial charge in [-0.25, -0.2) is 0 Å². The van der Waals surface area contributed by atoms with Crippen LogP contribution in [0.2, 0.25) is 0 Å². The van der Waals surface area contributed by atoms with E-state index in [2.05, 4.69) is 10.2 Å². The molecule has 3 saturated heterocycles. The summed E-state index contributed by atoms with van der Waals surface area (Å²) in [5.74, 6) is 2.84. The molecule has 8 nitrogen and oxygen atoms in total. The Bertz CT molecular complexity index is 680. The molecule has 1 aromatic heterocycles. The normalized spacial score (nSPS) is 23.0. The minimum atomic E-state index is 0. The summed E-state index contributed by atoms with van der Waals surface area (Å²) in [5, 5.41) is 3.52. The van der Waals surface area contributed by atoms with Crippen molar-refractivity contribution in [1.82, 2.24) is 15.1 Å². The molecule has 1 aromatic rings. The molecule has 31 heavy (non-hydrogen) atoms. The van der Waals surface area contributed by atoms with Gasteiger partial charge in [0.05, 0.1) is 26.1 Å². The third-order valence-electron chi connectivity index (χ3n) is 6.22. The van der Waals surface area contributed by atoms with Gasteiger partial charge >= 0.3 is 0 Å². The lowest BCUT2D eigenvalue weighted by atomic mass is 9.95. The van der Waals surface area contributed by atoms with E-state index in [1.165, 1.54) is 0 Å². The minimum absolute atomic E-state index is 0. The Morgan fingerprint density at radius 2 is 1.87 bits per heavy atom. The number of halogens is 1. The zero-order chi connectivity index (χ0) is 20.6. The monoisotopic (exact) mass is 546 g/mol. The number of ether oxygens (including phenoxy) is 2. The van der Waals surface area contributed by atoms with E-state index in [-0.39, 0.29) is 29.9 Å². The molecule has 0 bridgehead atoms. The van der Waals surface area contributed by atoms with Crippen molar-refractivity contribution in [3.05, 3.63) is 24.2 Å². The average Bonchev–Trinajstić information content (AvgIpc) is 3.51. The number of amides is 1. The molecule has 0 aliphatic carbocycles. The van der Waals surface area contributed by atoms with Crippen LogP contribution in [0.5, 0.6) is 0 Å². The molecule has 4 rings (SSSR count).